The zero-order valence-electron chi connectivity index (χ0n) is 12.9. The Morgan fingerprint density at radius 1 is 1.04 bits per heavy atom. The molecule has 0 aliphatic heterocycles. The van der Waals surface area contributed by atoms with E-state index in [4.69, 9.17) is 9.47 Å². The number of amides is 1. The first-order chi connectivity index (χ1) is 11.0. The van der Waals surface area contributed by atoms with Crippen LogP contribution in [0.5, 0.6) is 11.5 Å². The molecule has 1 N–H and O–H groups in total. The maximum atomic E-state index is 13.5. The highest BCUT2D eigenvalue weighted by Crippen LogP contribution is 2.27. The SMILES string of the molecule is COc1ccc(C(=O)NCCc2ccc(F)cc2F)cc1OC. The van der Waals surface area contributed by atoms with Crippen molar-refractivity contribution >= 4 is 5.91 Å². The van der Waals surface area contributed by atoms with Gasteiger partial charge in [-0.15, -0.1) is 0 Å². The molecule has 0 heterocycles. The van der Waals surface area contributed by atoms with Crippen molar-refractivity contribution in [3.8, 4) is 11.5 Å². The van der Waals surface area contributed by atoms with Crippen molar-refractivity contribution in [3.63, 3.8) is 0 Å². The van der Waals surface area contributed by atoms with Gasteiger partial charge >= 0.3 is 0 Å². The zero-order valence-corrected chi connectivity index (χ0v) is 12.9. The molecule has 0 aliphatic rings. The molecule has 1 amide bonds. The maximum Gasteiger partial charge on any atom is 0.251 e. The Balaban J connectivity index is 1.97. The van der Waals surface area contributed by atoms with Crippen molar-refractivity contribution in [1.29, 1.82) is 0 Å². The van der Waals surface area contributed by atoms with Gasteiger partial charge in [0.05, 0.1) is 14.2 Å². The van der Waals surface area contributed by atoms with Crippen LogP contribution in [0.2, 0.25) is 0 Å². The minimum Gasteiger partial charge on any atom is -0.493 e. The standard InChI is InChI=1S/C17H17F2NO3/c1-22-15-6-4-12(9-16(15)23-2)17(21)20-8-7-11-3-5-13(18)10-14(11)19/h3-6,9-10H,7-8H2,1-2H3,(H,20,21). The smallest absolute Gasteiger partial charge is 0.251 e. The number of hydrogen-bond donors (Lipinski definition) is 1. The number of halogens is 2. The molecular weight excluding hydrogens is 304 g/mol. The molecule has 23 heavy (non-hydrogen) atoms. The lowest BCUT2D eigenvalue weighted by Gasteiger charge is -2.10. The maximum absolute atomic E-state index is 13.5. The molecule has 122 valence electrons. The second-order valence-corrected chi connectivity index (χ2v) is 4.81. The van der Waals surface area contributed by atoms with Crippen LogP contribution in [-0.2, 0) is 6.42 Å². The number of carbonyl (C=O) groups excluding carboxylic acids is 1. The molecule has 2 aromatic carbocycles. The first-order valence-electron chi connectivity index (χ1n) is 6.99. The van der Waals surface area contributed by atoms with Crippen LogP contribution in [0.3, 0.4) is 0 Å². The van der Waals surface area contributed by atoms with Crippen molar-refractivity contribution < 1.29 is 23.0 Å². The van der Waals surface area contributed by atoms with Crippen LogP contribution in [0, 0.1) is 11.6 Å². The van der Waals surface area contributed by atoms with Crippen LogP contribution in [0.15, 0.2) is 36.4 Å². The molecule has 0 aliphatic carbocycles. The van der Waals surface area contributed by atoms with Gasteiger partial charge in [0.2, 0.25) is 0 Å². The Hall–Kier alpha value is -2.63. The van der Waals surface area contributed by atoms with Crippen LogP contribution in [0.4, 0.5) is 8.78 Å². The predicted molar refractivity (Wildman–Crippen MR) is 81.9 cm³/mol. The molecule has 0 bridgehead atoms. The van der Waals surface area contributed by atoms with Gasteiger partial charge in [0, 0.05) is 18.2 Å². The normalized spacial score (nSPS) is 10.3. The molecule has 4 nitrogen and oxygen atoms in total. The van der Waals surface area contributed by atoms with Crippen molar-refractivity contribution in [1.82, 2.24) is 5.32 Å². The summed E-state index contributed by atoms with van der Waals surface area (Å²) in [7, 11) is 2.99. The van der Waals surface area contributed by atoms with Crippen LogP contribution in [0.1, 0.15) is 15.9 Å². The topological polar surface area (TPSA) is 47.6 Å². The lowest BCUT2D eigenvalue weighted by atomic mass is 10.1. The summed E-state index contributed by atoms with van der Waals surface area (Å²) >= 11 is 0. The van der Waals surface area contributed by atoms with Gasteiger partial charge in [-0.05, 0) is 36.2 Å². The number of rotatable bonds is 6. The molecule has 0 spiro atoms. The van der Waals surface area contributed by atoms with E-state index in [1.54, 1.807) is 18.2 Å². The Kier molecular flexibility index (Phi) is 5.51. The first kappa shape index (κ1) is 16.7. The highest BCUT2D eigenvalue weighted by Gasteiger charge is 2.11. The highest BCUT2D eigenvalue weighted by atomic mass is 19.1. The lowest BCUT2D eigenvalue weighted by molar-refractivity contribution is 0.0953. The van der Waals surface area contributed by atoms with Crippen molar-refractivity contribution in [2.75, 3.05) is 20.8 Å². The summed E-state index contributed by atoms with van der Waals surface area (Å²) in [6.45, 7) is 0.232. The van der Waals surface area contributed by atoms with Crippen molar-refractivity contribution in [3.05, 3.63) is 59.2 Å². The number of benzene rings is 2. The minimum atomic E-state index is -0.624. The molecule has 0 atom stereocenters. The Labute approximate surface area is 133 Å². The second-order valence-electron chi connectivity index (χ2n) is 4.81. The predicted octanol–water partition coefficient (Wildman–Crippen LogP) is 2.95. The molecule has 2 aromatic rings. The number of methoxy groups -OCH3 is 2. The van der Waals surface area contributed by atoms with Gasteiger partial charge in [-0.3, -0.25) is 4.79 Å². The molecule has 2 rings (SSSR count). The average Bonchev–Trinajstić information content (AvgIpc) is 2.56. The largest absolute Gasteiger partial charge is 0.493 e. The molecule has 6 heteroatoms. The van der Waals surface area contributed by atoms with Gasteiger partial charge in [0.15, 0.2) is 11.5 Å². The van der Waals surface area contributed by atoms with E-state index >= 15 is 0 Å². The summed E-state index contributed by atoms with van der Waals surface area (Å²) < 4.78 is 36.6. The zero-order chi connectivity index (χ0) is 16.8. The number of hydrogen-bond acceptors (Lipinski definition) is 3. The van der Waals surface area contributed by atoms with E-state index in [1.165, 1.54) is 26.4 Å². The summed E-state index contributed by atoms with van der Waals surface area (Å²) in [5.74, 6) is -0.582. The molecular formula is C17H17F2NO3. The first-order valence-corrected chi connectivity index (χ1v) is 6.99. The molecule has 0 radical (unpaired) electrons. The van der Waals surface area contributed by atoms with Gasteiger partial charge in [0.1, 0.15) is 11.6 Å². The summed E-state index contributed by atoms with van der Waals surface area (Å²) in [6, 6.07) is 8.18. The summed E-state index contributed by atoms with van der Waals surface area (Å²) in [6.07, 6.45) is 0.269. The number of ether oxygens (including phenoxy) is 2. The van der Waals surface area contributed by atoms with Gasteiger partial charge < -0.3 is 14.8 Å². The van der Waals surface area contributed by atoms with Crippen molar-refractivity contribution in [2.24, 2.45) is 0 Å². The number of nitrogens with one attached hydrogen (secondary N) is 1. The average molecular weight is 321 g/mol. The van der Waals surface area contributed by atoms with Gasteiger partial charge in [0.25, 0.3) is 5.91 Å². The fourth-order valence-electron chi connectivity index (χ4n) is 2.11. The van der Waals surface area contributed by atoms with E-state index in [-0.39, 0.29) is 18.9 Å². The van der Waals surface area contributed by atoms with Crippen LogP contribution in [-0.4, -0.2) is 26.7 Å². The minimum absolute atomic E-state index is 0.232. The lowest BCUT2D eigenvalue weighted by Crippen LogP contribution is -2.26. The van der Waals surface area contributed by atoms with Gasteiger partial charge in [-0.2, -0.15) is 0 Å². The van der Waals surface area contributed by atoms with Crippen molar-refractivity contribution in [2.45, 2.75) is 6.42 Å². The third kappa shape index (κ3) is 4.18. The van der Waals surface area contributed by atoms with Gasteiger partial charge in [-0.1, -0.05) is 6.07 Å². The quantitative estimate of drug-likeness (QED) is 0.890. The monoisotopic (exact) mass is 321 g/mol. The second kappa shape index (κ2) is 7.58. The van der Waals surface area contributed by atoms with E-state index in [1.807, 2.05) is 0 Å². The fraction of sp³-hybridized carbons (Fsp3) is 0.235. The molecule has 0 saturated carbocycles. The molecule has 0 saturated heterocycles. The summed E-state index contributed by atoms with van der Waals surface area (Å²) in [5.41, 5.74) is 0.751. The van der Waals surface area contributed by atoms with Gasteiger partial charge in [-0.25, -0.2) is 8.78 Å². The Morgan fingerprint density at radius 3 is 2.43 bits per heavy atom. The Morgan fingerprint density at radius 2 is 1.78 bits per heavy atom. The van der Waals surface area contributed by atoms with E-state index in [0.29, 0.717) is 22.6 Å². The van der Waals surface area contributed by atoms with Crippen LogP contribution in [0.25, 0.3) is 0 Å². The van der Waals surface area contributed by atoms with E-state index in [0.717, 1.165) is 6.07 Å². The van der Waals surface area contributed by atoms with E-state index in [2.05, 4.69) is 5.32 Å². The third-order valence-electron chi connectivity index (χ3n) is 3.34. The summed E-state index contributed by atoms with van der Waals surface area (Å²) in [4.78, 5) is 12.1. The molecule has 0 unspecified atom stereocenters. The third-order valence-corrected chi connectivity index (χ3v) is 3.34. The number of carbonyl (C=O) groups is 1. The van der Waals surface area contributed by atoms with E-state index < -0.39 is 11.6 Å². The molecule has 0 aromatic heterocycles. The fourth-order valence-corrected chi connectivity index (χ4v) is 2.11. The molecule has 0 fully saturated rings. The Bertz CT molecular complexity index is 704. The summed E-state index contributed by atoms with van der Waals surface area (Å²) in [5, 5.41) is 2.68. The highest BCUT2D eigenvalue weighted by molar-refractivity contribution is 5.94. The van der Waals surface area contributed by atoms with E-state index in [9.17, 15) is 13.6 Å². The van der Waals surface area contributed by atoms with Crippen LogP contribution >= 0.6 is 0 Å². The van der Waals surface area contributed by atoms with Crippen LogP contribution < -0.4 is 14.8 Å².